The van der Waals surface area contributed by atoms with Crippen molar-refractivity contribution in [2.45, 2.75) is 51.7 Å². The molecule has 2 aromatic rings. The molecule has 1 heterocycles. The van der Waals surface area contributed by atoms with Crippen LogP contribution in [-0.4, -0.2) is 37.6 Å². The van der Waals surface area contributed by atoms with Crippen LogP contribution in [-0.2, 0) is 17.8 Å². The Labute approximate surface area is 178 Å². The SMILES string of the molecule is CCC(=O)N[C@@H](CC)[C@@H]1c2cc(OC)c(OC)cc2CCN1Cc1cccc(F)c1. The van der Waals surface area contributed by atoms with Crippen molar-refractivity contribution in [3.8, 4) is 11.5 Å². The molecule has 5 nitrogen and oxygen atoms in total. The van der Waals surface area contributed by atoms with E-state index in [1.165, 1.54) is 11.6 Å². The highest BCUT2D eigenvalue weighted by Gasteiger charge is 2.35. The van der Waals surface area contributed by atoms with Crippen molar-refractivity contribution < 1.29 is 18.7 Å². The van der Waals surface area contributed by atoms with E-state index in [-0.39, 0.29) is 23.8 Å². The molecule has 0 saturated heterocycles. The molecule has 1 aliphatic heterocycles. The Morgan fingerprint density at radius 1 is 1.20 bits per heavy atom. The number of fused-ring (bicyclic) bond motifs is 1. The predicted octanol–water partition coefficient (Wildman–Crippen LogP) is 4.25. The topological polar surface area (TPSA) is 50.8 Å². The highest BCUT2D eigenvalue weighted by molar-refractivity contribution is 5.76. The molecular weight excluding hydrogens is 383 g/mol. The fourth-order valence-electron chi connectivity index (χ4n) is 4.26. The van der Waals surface area contributed by atoms with E-state index in [1.54, 1.807) is 26.4 Å². The smallest absolute Gasteiger partial charge is 0.219 e. The lowest BCUT2D eigenvalue weighted by Crippen LogP contribution is -2.48. The first-order valence-corrected chi connectivity index (χ1v) is 10.5. The molecule has 0 unspecified atom stereocenters. The molecule has 0 aliphatic carbocycles. The van der Waals surface area contributed by atoms with Crippen LogP contribution in [0.5, 0.6) is 11.5 Å². The molecule has 2 aromatic carbocycles. The van der Waals surface area contributed by atoms with E-state index in [0.717, 1.165) is 30.5 Å². The second-order valence-electron chi connectivity index (χ2n) is 7.64. The van der Waals surface area contributed by atoms with Gasteiger partial charge >= 0.3 is 0 Å². The quantitative estimate of drug-likeness (QED) is 0.702. The van der Waals surface area contributed by atoms with Gasteiger partial charge in [0, 0.05) is 25.6 Å². The fraction of sp³-hybridized carbons (Fsp3) is 0.458. The Balaban J connectivity index is 2.03. The Morgan fingerprint density at radius 2 is 1.93 bits per heavy atom. The zero-order chi connectivity index (χ0) is 21.7. The molecule has 0 bridgehead atoms. The first-order chi connectivity index (χ1) is 14.5. The molecule has 0 aromatic heterocycles. The molecule has 1 aliphatic rings. The van der Waals surface area contributed by atoms with Gasteiger partial charge in [-0.25, -0.2) is 4.39 Å². The number of rotatable bonds is 8. The van der Waals surface area contributed by atoms with Crippen LogP contribution in [0, 0.1) is 5.82 Å². The molecule has 1 amide bonds. The summed E-state index contributed by atoms with van der Waals surface area (Å²) in [6, 6.07) is 10.7. The third-order valence-electron chi connectivity index (χ3n) is 5.79. The Hall–Kier alpha value is -2.60. The van der Waals surface area contributed by atoms with Gasteiger partial charge in [-0.2, -0.15) is 0 Å². The Bertz CT molecular complexity index is 887. The molecule has 0 saturated carbocycles. The van der Waals surface area contributed by atoms with Crippen molar-refractivity contribution in [3.05, 3.63) is 58.9 Å². The van der Waals surface area contributed by atoms with Crippen molar-refractivity contribution in [2.24, 2.45) is 0 Å². The number of hydrogen-bond donors (Lipinski definition) is 1. The lowest BCUT2D eigenvalue weighted by molar-refractivity contribution is -0.122. The normalized spacial score (nSPS) is 17.2. The summed E-state index contributed by atoms with van der Waals surface area (Å²) in [5.74, 6) is 1.17. The molecule has 1 N–H and O–H groups in total. The number of benzene rings is 2. The number of amides is 1. The Kier molecular flexibility index (Phi) is 7.32. The van der Waals surface area contributed by atoms with Gasteiger partial charge in [0.2, 0.25) is 5.91 Å². The molecule has 30 heavy (non-hydrogen) atoms. The van der Waals surface area contributed by atoms with Gasteiger partial charge in [-0.15, -0.1) is 0 Å². The summed E-state index contributed by atoms with van der Waals surface area (Å²) < 4.78 is 24.8. The molecular formula is C24H31FN2O3. The van der Waals surface area contributed by atoms with Gasteiger partial charge in [0.15, 0.2) is 11.5 Å². The fourth-order valence-corrected chi connectivity index (χ4v) is 4.26. The minimum Gasteiger partial charge on any atom is -0.493 e. The first kappa shape index (κ1) is 22.1. The number of nitrogens with one attached hydrogen (secondary N) is 1. The van der Waals surface area contributed by atoms with E-state index >= 15 is 0 Å². The third kappa shape index (κ3) is 4.75. The zero-order valence-electron chi connectivity index (χ0n) is 18.2. The van der Waals surface area contributed by atoms with Crippen LogP contribution in [0.15, 0.2) is 36.4 Å². The highest BCUT2D eigenvalue weighted by Crippen LogP contribution is 2.40. The van der Waals surface area contributed by atoms with E-state index in [9.17, 15) is 9.18 Å². The number of ether oxygens (including phenoxy) is 2. The molecule has 0 fully saturated rings. The standard InChI is InChI=1S/C24H31FN2O3/c1-5-20(26-23(28)6-2)24-19-14-22(30-4)21(29-3)13-17(19)10-11-27(24)15-16-8-7-9-18(25)12-16/h7-9,12-14,20,24H,5-6,10-11,15H2,1-4H3,(H,26,28)/t20-,24-/m0/s1. The van der Waals surface area contributed by atoms with E-state index < -0.39 is 0 Å². The number of methoxy groups -OCH3 is 2. The van der Waals surface area contributed by atoms with Crippen LogP contribution >= 0.6 is 0 Å². The van der Waals surface area contributed by atoms with Gasteiger partial charge in [0.25, 0.3) is 0 Å². The average Bonchev–Trinajstić information content (AvgIpc) is 2.76. The van der Waals surface area contributed by atoms with Crippen LogP contribution < -0.4 is 14.8 Å². The van der Waals surface area contributed by atoms with Crippen LogP contribution in [0.25, 0.3) is 0 Å². The minimum absolute atomic E-state index is 0.0279. The minimum atomic E-state index is -0.237. The molecule has 6 heteroatoms. The lowest BCUT2D eigenvalue weighted by atomic mass is 9.86. The molecule has 3 rings (SSSR count). The summed E-state index contributed by atoms with van der Waals surface area (Å²) in [6.45, 7) is 5.35. The van der Waals surface area contributed by atoms with E-state index in [1.807, 2.05) is 25.1 Å². The van der Waals surface area contributed by atoms with Crippen LogP contribution in [0.3, 0.4) is 0 Å². The van der Waals surface area contributed by atoms with Crippen molar-refractivity contribution in [3.63, 3.8) is 0 Å². The zero-order valence-corrected chi connectivity index (χ0v) is 18.2. The summed E-state index contributed by atoms with van der Waals surface area (Å²) in [6.07, 6.45) is 2.06. The highest BCUT2D eigenvalue weighted by atomic mass is 19.1. The molecule has 0 radical (unpaired) electrons. The summed E-state index contributed by atoms with van der Waals surface area (Å²) in [5, 5.41) is 3.19. The van der Waals surface area contributed by atoms with Gasteiger partial charge in [-0.05, 0) is 53.8 Å². The maximum absolute atomic E-state index is 13.8. The first-order valence-electron chi connectivity index (χ1n) is 10.5. The number of carbonyl (C=O) groups is 1. The molecule has 162 valence electrons. The van der Waals surface area contributed by atoms with Crippen molar-refractivity contribution >= 4 is 5.91 Å². The summed E-state index contributed by atoms with van der Waals surface area (Å²) in [5.41, 5.74) is 3.23. The van der Waals surface area contributed by atoms with Crippen LogP contribution in [0.2, 0.25) is 0 Å². The third-order valence-corrected chi connectivity index (χ3v) is 5.79. The largest absolute Gasteiger partial charge is 0.493 e. The van der Waals surface area contributed by atoms with E-state index in [0.29, 0.717) is 24.5 Å². The summed E-state index contributed by atoms with van der Waals surface area (Å²) >= 11 is 0. The summed E-state index contributed by atoms with van der Waals surface area (Å²) in [4.78, 5) is 14.6. The lowest BCUT2D eigenvalue weighted by Gasteiger charge is -2.42. The van der Waals surface area contributed by atoms with Gasteiger partial charge in [0.1, 0.15) is 5.82 Å². The molecule has 0 spiro atoms. The van der Waals surface area contributed by atoms with E-state index in [2.05, 4.69) is 17.1 Å². The number of carbonyl (C=O) groups excluding carboxylic acids is 1. The maximum Gasteiger partial charge on any atom is 0.219 e. The second kappa shape index (κ2) is 9.94. The van der Waals surface area contributed by atoms with Crippen LogP contribution in [0.1, 0.15) is 49.4 Å². The van der Waals surface area contributed by atoms with Crippen molar-refractivity contribution in [2.75, 3.05) is 20.8 Å². The Morgan fingerprint density at radius 3 is 2.57 bits per heavy atom. The number of hydrogen-bond acceptors (Lipinski definition) is 4. The maximum atomic E-state index is 13.8. The van der Waals surface area contributed by atoms with Gasteiger partial charge in [-0.1, -0.05) is 26.0 Å². The van der Waals surface area contributed by atoms with Gasteiger partial charge < -0.3 is 14.8 Å². The molecule has 2 atom stereocenters. The number of halogens is 1. The summed E-state index contributed by atoms with van der Waals surface area (Å²) in [7, 11) is 3.26. The van der Waals surface area contributed by atoms with E-state index in [4.69, 9.17) is 9.47 Å². The van der Waals surface area contributed by atoms with Gasteiger partial charge in [0.05, 0.1) is 20.3 Å². The predicted molar refractivity (Wildman–Crippen MR) is 115 cm³/mol. The van der Waals surface area contributed by atoms with Gasteiger partial charge in [-0.3, -0.25) is 9.69 Å². The van der Waals surface area contributed by atoms with Crippen molar-refractivity contribution in [1.82, 2.24) is 10.2 Å². The van der Waals surface area contributed by atoms with Crippen LogP contribution in [0.4, 0.5) is 4.39 Å². The monoisotopic (exact) mass is 414 g/mol. The van der Waals surface area contributed by atoms with Crippen molar-refractivity contribution in [1.29, 1.82) is 0 Å². The second-order valence-corrected chi connectivity index (χ2v) is 7.64. The average molecular weight is 415 g/mol. The number of nitrogens with zero attached hydrogens (tertiary/aromatic N) is 1.